The fourth-order valence-electron chi connectivity index (χ4n) is 1.71. The van der Waals surface area contributed by atoms with Crippen LogP contribution in [0.25, 0.3) is 0 Å². The van der Waals surface area contributed by atoms with Gasteiger partial charge in [0, 0.05) is 6.54 Å². The maximum absolute atomic E-state index is 11.3. The van der Waals surface area contributed by atoms with Crippen molar-refractivity contribution in [2.75, 3.05) is 0 Å². The molecule has 0 spiro atoms. The molecule has 1 aliphatic heterocycles. The Morgan fingerprint density at radius 3 is 2.94 bits per heavy atom. The van der Waals surface area contributed by atoms with Crippen molar-refractivity contribution in [3.05, 3.63) is 35.4 Å². The van der Waals surface area contributed by atoms with Gasteiger partial charge in [0.1, 0.15) is 0 Å². The summed E-state index contributed by atoms with van der Waals surface area (Å²) < 4.78 is 0. The second-order valence-electron chi connectivity index (χ2n) is 3.86. The number of hydrogen-bond acceptors (Lipinski definition) is 4. The smallest absolute Gasteiger partial charge is 0.244 e. The van der Waals surface area contributed by atoms with E-state index in [4.69, 9.17) is 5.26 Å². The first-order valence-corrected chi connectivity index (χ1v) is 5.25. The third-order valence-electron chi connectivity index (χ3n) is 2.58. The maximum Gasteiger partial charge on any atom is 0.244 e. The van der Waals surface area contributed by atoms with E-state index < -0.39 is 6.04 Å². The molecule has 0 bridgehead atoms. The predicted octanol–water partition coefficient (Wildman–Crippen LogP) is 0.0630. The van der Waals surface area contributed by atoms with Crippen LogP contribution in [0.15, 0.2) is 24.3 Å². The molecule has 0 radical (unpaired) electrons. The molecule has 1 aromatic rings. The van der Waals surface area contributed by atoms with Crippen LogP contribution < -0.4 is 10.6 Å². The highest BCUT2D eigenvalue weighted by Crippen LogP contribution is 2.06. The van der Waals surface area contributed by atoms with Crippen LogP contribution in [0.1, 0.15) is 17.5 Å². The lowest BCUT2D eigenvalue weighted by Gasteiger charge is -2.08. The summed E-state index contributed by atoms with van der Waals surface area (Å²) in [6.07, 6.45) is 0.177. The summed E-state index contributed by atoms with van der Waals surface area (Å²) in [5.41, 5.74) is 1.49. The van der Waals surface area contributed by atoms with E-state index >= 15 is 0 Å². The number of carbonyl (C=O) groups excluding carboxylic acids is 2. The van der Waals surface area contributed by atoms with E-state index in [1.54, 1.807) is 18.2 Å². The van der Waals surface area contributed by atoms with Gasteiger partial charge in [0.2, 0.25) is 11.8 Å². The van der Waals surface area contributed by atoms with E-state index in [0.29, 0.717) is 12.1 Å². The minimum absolute atomic E-state index is 0.177. The number of amides is 2. The predicted molar refractivity (Wildman–Crippen MR) is 59.6 cm³/mol. The molecule has 17 heavy (non-hydrogen) atoms. The van der Waals surface area contributed by atoms with E-state index in [1.807, 2.05) is 12.1 Å². The second-order valence-corrected chi connectivity index (χ2v) is 3.86. The molecule has 2 rings (SSSR count). The van der Waals surface area contributed by atoms with Crippen LogP contribution in [-0.2, 0) is 16.1 Å². The van der Waals surface area contributed by atoms with Gasteiger partial charge < -0.3 is 5.32 Å². The molecule has 1 aliphatic rings. The highest BCUT2D eigenvalue weighted by atomic mass is 16.2. The number of rotatable bonds is 3. The Morgan fingerprint density at radius 1 is 1.47 bits per heavy atom. The number of hydrogen-bond donors (Lipinski definition) is 2. The monoisotopic (exact) mass is 229 g/mol. The van der Waals surface area contributed by atoms with Gasteiger partial charge in [0.15, 0.2) is 0 Å². The summed E-state index contributed by atoms with van der Waals surface area (Å²) in [6.45, 7) is 0.459. The molecule has 2 N–H and O–H groups in total. The number of nitriles is 1. The standard InChI is InChI=1S/C12H11N3O2/c13-6-8-2-1-3-9(4-8)7-14-10-5-11(16)15-12(10)17/h1-4,10,14H,5,7H2,(H,15,16,17). The highest BCUT2D eigenvalue weighted by Gasteiger charge is 2.29. The molecule has 1 atom stereocenters. The molecule has 2 amide bonds. The lowest BCUT2D eigenvalue weighted by Crippen LogP contribution is -2.35. The Morgan fingerprint density at radius 2 is 2.29 bits per heavy atom. The molecule has 5 heteroatoms. The van der Waals surface area contributed by atoms with Gasteiger partial charge in [-0.15, -0.1) is 0 Å². The molecule has 86 valence electrons. The zero-order valence-corrected chi connectivity index (χ0v) is 9.06. The SMILES string of the molecule is N#Cc1cccc(CNC2CC(=O)NC2=O)c1. The number of carbonyl (C=O) groups is 2. The van der Waals surface area contributed by atoms with Crippen molar-refractivity contribution >= 4 is 11.8 Å². The summed E-state index contributed by atoms with van der Waals surface area (Å²) in [5.74, 6) is -0.537. The van der Waals surface area contributed by atoms with Crippen LogP contribution in [-0.4, -0.2) is 17.9 Å². The van der Waals surface area contributed by atoms with Crippen LogP contribution in [0, 0.1) is 11.3 Å². The number of benzene rings is 1. The maximum atomic E-state index is 11.3. The quantitative estimate of drug-likeness (QED) is 0.718. The molecule has 1 heterocycles. The van der Waals surface area contributed by atoms with Gasteiger partial charge in [-0.3, -0.25) is 14.9 Å². The van der Waals surface area contributed by atoms with Gasteiger partial charge in [-0.05, 0) is 17.7 Å². The normalized spacial score (nSPS) is 18.9. The Bertz CT molecular complexity index is 505. The van der Waals surface area contributed by atoms with Crippen LogP contribution in [0.2, 0.25) is 0 Å². The Hall–Kier alpha value is -2.19. The average Bonchev–Trinajstić information content (AvgIpc) is 2.65. The van der Waals surface area contributed by atoms with Gasteiger partial charge in [-0.2, -0.15) is 5.26 Å². The summed E-state index contributed by atoms with van der Waals surface area (Å²) in [5, 5.41) is 14.0. The molecule has 1 aromatic carbocycles. The van der Waals surface area contributed by atoms with E-state index in [9.17, 15) is 9.59 Å². The fourth-order valence-corrected chi connectivity index (χ4v) is 1.71. The van der Waals surface area contributed by atoms with Crippen molar-refractivity contribution in [1.29, 1.82) is 5.26 Å². The number of nitrogens with one attached hydrogen (secondary N) is 2. The van der Waals surface area contributed by atoms with Crippen LogP contribution >= 0.6 is 0 Å². The molecule has 1 saturated heterocycles. The van der Waals surface area contributed by atoms with Crippen LogP contribution in [0.5, 0.6) is 0 Å². The third-order valence-corrected chi connectivity index (χ3v) is 2.58. The zero-order chi connectivity index (χ0) is 12.3. The molecule has 1 fully saturated rings. The minimum Gasteiger partial charge on any atom is -0.301 e. The number of imide groups is 1. The Labute approximate surface area is 98.4 Å². The Balaban J connectivity index is 1.96. The first kappa shape index (κ1) is 11.3. The molecule has 5 nitrogen and oxygen atoms in total. The van der Waals surface area contributed by atoms with Crippen molar-refractivity contribution in [2.45, 2.75) is 19.0 Å². The summed E-state index contributed by atoms with van der Waals surface area (Å²) >= 11 is 0. The van der Waals surface area contributed by atoms with Gasteiger partial charge >= 0.3 is 0 Å². The molecule has 0 saturated carbocycles. The first-order valence-electron chi connectivity index (χ1n) is 5.25. The molecular formula is C12H11N3O2. The minimum atomic E-state index is -0.465. The third kappa shape index (κ3) is 2.68. The van der Waals surface area contributed by atoms with Gasteiger partial charge in [0.25, 0.3) is 0 Å². The highest BCUT2D eigenvalue weighted by molar-refractivity contribution is 6.05. The van der Waals surface area contributed by atoms with E-state index in [1.165, 1.54) is 0 Å². The van der Waals surface area contributed by atoms with E-state index in [-0.39, 0.29) is 18.2 Å². The first-order chi connectivity index (χ1) is 8.19. The van der Waals surface area contributed by atoms with Crippen molar-refractivity contribution in [3.8, 4) is 6.07 Å². The van der Waals surface area contributed by atoms with E-state index in [2.05, 4.69) is 10.6 Å². The average molecular weight is 229 g/mol. The Kier molecular flexibility index (Phi) is 3.17. The lowest BCUT2D eigenvalue weighted by molar-refractivity contribution is -0.125. The molecular weight excluding hydrogens is 218 g/mol. The van der Waals surface area contributed by atoms with Crippen LogP contribution in [0.4, 0.5) is 0 Å². The molecule has 0 aliphatic carbocycles. The summed E-state index contributed by atoms with van der Waals surface area (Å²) in [6, 6.07) is 8.71. The topological polar surface area (TPSA) is 82.0 Å². The van der Waals surface area contributed by atoms with Gasteiger partial charge in [0.05, 0.1) is 24.1 Å². The van der Waals surface area contributed by atoms with Crippen LogP contribution in [0.3, 0.4) is 0 Å². The largest absolute Gasteiger partial charge is 0.301 e. The fraction of sp³-hybridized carbons (Fsp3) is 0.250. The lowest BCUT2D eigenvalue weighted by atomic mass is 10.1. The van der Waals surface area contributed by atoms with Crippen molar-refractivity contribution < 1.29 is 9.59 Å². The second kappa shape index (κ2) is 4.76. The number of nitrogens with zero attached hydrogens (tertiary/aromatic N) is 1. The van der Waals surface area contributed by atoms with Crippen molar-refractivity contribution in [3.63, 3.8) is 0 Å². The van der Waals surface area contributed by atoms with Gasteiger partial charge in [-0.25, -0.2) is 0 Å². The zero-order valence-electron chi connectivity index (χ0n) is 9.06. The molecule has 0 aromatic heterocycles. The summed E-state index contributed by atoms with van der Waals surface area (Å²) in [7, 11) is 0. The van der Waals surface area contributed by atoms with Crippen molar-refractivity contribution in [1.82, 2.24) is 10.6 Å². The summed E-state index contributed by atoms with van der Waals surface area (Å²) in [4.78, 5) is 22.2. The van der Waals surface area contributed by atoms with Gasteiger partial charge in [-0.1, -0.05) is 12.1 Å². The molecule has 1 unspecified atom stereocenters. The van der Waals surface area contributed by atoms with E-state index in [0.717, 1.165) is 5.56 Å². The van der Waals surface area contributed by atoms with Crippen molar-refractivity contribution in [2.24, 2.45) is 0 Å².